The molecule has 0 bridgehead atoms. The van der Waals surface area contributed by atoms with Crippen LogP contribution in [-0.4, -0.2) is 9.55 Å². The fraction of sp³-hybridized carbons (Fsp3) is 0. The van der Waals surface area contributed by atoms with Crippen LogP contribution >= 0.6 is 45.2 Å². The molecule has 3 nitrogen and oxygen atoms in total. The molecule has 2 N–H and O–H groups in total. The Bertz CT molecular complexity index is 783. The van der Waals surface area contributed by atoms with E-state index in [1.165, 1.54) is 12.1 Å². The number of halogens is 3. The van der Waals surface area contributed by atoms with Gasteiger partial charge in [-0.15, -0.1) is 0 Å². The maximum Gasteiger partial charge on any atom is 0.205 e. The molecule has 19 heavy (non-hydrogen) atoms. The second kappa shape index (κ2) is 4.89. The van der Waals surface area contributed by atoms with Crippen LogP contribution in [0.25, 0.3) is 16.7 Å². The topological polar surface area (TPSA) is 43.8 Å². The van der Waals surface area contributed by atoms with E-state index in [0.717, 1.165) is 23.9 Å². The Balaban J connectivity index is 2.33. The maximum absolute atomic E-state index is 13.2. The number of rotatable bonds is 1. The van der Waals surface area contributed by atoms with Crippen molar-refractivity contribution in [1.82, 2.24) is 9.55 Å². The monoisotopic (exact) mass is 479 g/mol. The third kappa shape index (κ3) is 2.31. The normalized spacial score (nSPS) is 11.1. The van der Waals surface area contributed by atoms with Crippen molar-refractivity contribution in [2.45, 2.75) is 0 Å². The number of nitrogen functional groups attached to an aromatic ring is 1. The lowest BCUT2D eigenvalue weighted by atomic mass is 10.3. The van der Waals surface area contributed by atoms with Gasteiger partial charge in [-0.3, -0.25) is 4.57 Å². The van der Waals surface area contributed by atoms with Crippen molar-refractivity contribution in [3.8, 4) is 5.69 Å². The molecule has 0 aliphatic rings. The zero-order valence-electron chi connectivity index (χ0n) is 9.57. The minimum Gasteiger partial charge on any atom is -0.369 e. The van der Waals surface area contributed by atoms with Gasteiger partial charge < -0.3 is 5.73 Å². The lowest BCUT2D eigenvalue weighted by Gasteiger charge is -2.09. The summed E-state index contributed by atoms with van der Waals surface area (Å²) in [6.45, 7) is 0. The average molecular weight is 479 g/mol. The van der Waals surface area contributed by atoms with Crippen LogP contribution in [0.5, 0.6) is 0 Å². The van der Waals surface area contributed by atoms with Gasteiger partial charge in [-0.05, 0) is 81.6 Å². The maximum atomic E-state index is 13.2. The summed E-state index contributed by atoms with van der Waals surface area (Å²) in [6.07, 6.45) is 0. The van der Waals surface area contributed by atoms with Crippen molar-refractivity contribution in [3.05, 3.63) is 49.4 Å². The Labute approximate surface area is 136 Å². The van der Waals surface area contributed by atoms with Gasteiger partial charge in [-0.25, -0.2) is 9.37 Å². The fourth-order valence-electron chi connectivity index (χ4n) is 1.99. The van der Waals surface area contributed by atoms with E-state index < -0.39 is 0 Å². The lowest BCUT2D eigenvalue weighted by molar-refractivity contribution is 0.626. The second-order valence-electron chi connectivity index (χ2n) is 4.03. The molecule has 3 rings (SSSR count). The Morgan fingerprint density at radius 1 is 1.11 bits per heavy atom. The van der Waals surface area contributed by atoms with Crippen LogP contribution in [0, 0.1) is 13.0 Å². The first-order valence-corrected chi connectivity index (χ1v) is 7.61. The van der Waals surface area contributed by atoms with E-state index in [1.807, 2.05) is 22.8 Å². The van der Waals surface area contributed by atoms with Gasteiger partial charge >= 0.3 is 0 Å². The van der Waals surface area contributed by atoms with E-state index in [4.69, 9.17) is 5.73 Å². The van der Waals surface area contributed by atoms with Crippen LogP contribution < -0.4 is 5.73 Å². The number of nitrogens with zero attached hydrogens (tertiary/aromatic N) is 2. The van der Waals surface area contributed by atoms with Gasteiger partial charge in [0.25, 0.3) is 0 Å². The molecule has 0 amide bonds. The summed E-state index contributed by atoms with van der Waals surface area (Å²) in [5, 5.41) is 0. The Morgan fingerprint density at radius 3 is 2.63 bits per heavy atom. The number of nitrogens with two attached hydrogens (primary N) is 1. The summed E-state index contributed by atoms with van der Waals surface area (Å²) < 4.78 is 16.9. The molecular weight excluding hydrogens is 471 g/mol. The molecule has 96 valence electrons. The lowest BCUT2D eigenvalue weighted by Crippen LogP contribution is -2.02. The summed E-state index contributed by atoms with van der Waals surface area (Å²) in [5.41, 5.74) is 8.59. The molecule has 0 unspecified atom stereocenters. The van der Waals surface area contributed by atoms with Crippen molar-refractivity contribution in [2.24, 2.45) is 0 Å². The molecule has 0 saturated carbocycles. The van der Waals surface area contributed by atoms with Crippen LogP contribution in [0.3, 0.4) is 0 Å². The van der Waals surface area contributed by atoms with E-state index >= 15 is 0 Å². The van der Waals surface area contributed by atoms with Gasteiger partial charge in [-0.1, -0.05) is 0 Å². The van der Waals surface area contributed by atoms with E-state index in [2.05, 4.69) is 50.2 Å². The highest BCUT2D eigenvalue weighted by Crippen LogP contribution is 2.27. The highest BCUT2D eigenvalue weighted by Gasteiger charge is 2.13. The van der Waals surface area contributed by atoms with Crippen LogP contribution in [0.1, 0.15) is 0 Å². The van der Waals surface area contributed by atoms with E-state index in [-0.39, 0.29) is 5.82 Å². The van der Waals surface area contributed by atoms with Crippen LogP contribution in [0.15, 0.2) is 36.4 Å². The average Bonchev–Trinajstić information content (AvgIpc) is 2.65. The molecule has 1 heterocycles. The molecule has 0 fully saturated rings. The fourth-order valence-corrected chi connectivity index (χ4v) is 3.18. The van der Waals surface area contributed by atoms with Crippen molar-refractivity contribution in [3.63, 3.8) is 0 Å². The van der Waals surface area contributed by atoms with Crippen LogP contribution in [0.2, 0.25) is 0 Å². The molecule has 0 saturated heterocycles. The predicted octanol–water partition coefficient (Wildman–Crippen LogP) is 3.96. The van der Waals surface area contributed by atoms with Gasteiger partial charge in [0.2, 0.25) is 5.95 Å². The van der Waals surface area contributed by atoms with Crippen molar-refractivity contribution < 1.29 is 4.39 Å². The van der Waals surface area contributed by atoms with Crippen LogP contribution in [-0.2, 0) is 0 Å². The number of aromatic nitrogens is 2. The highest BCUT2D eigenvalue weighted by molar-refractivity contribution is 14.1. The van der Waals surface area contributed by atoms with Gasteiger partial charge in [0.15, 0.2) is 0 Å². The zero-order chi connectivity index (χ0) is 13.6. The van der Waals surface area contributed by atoms with E-state index in [1.54, 1.807) is 6.07 Å². The first-order chi connectivity index (χ1) is 9.06. The molecular formula is C13H8FI2N3. The minimum absolute atomic E-state index is 0.259. The number of anilines is 1. The molecule has 2 aromatic carbocycles. The van der Waals surface area contributed by atoms with Crippen molar-refractivity contribution in [2.75, 3.05) is 5.73 Å². The molecule has 0 spiro atoms. The summed E-state index contributed by atoms with van der Waals surface area (Å²) >= 11 is 4.33. The van der Waals surface area contributed by atoms with Gasteiger partial charge in [0, 0.05) is 7.14 Å². The SMILES string of the molecule is Nc1nc2cc(I)ccc2n1-c1ccc(F)cc1I. The molecule has 1 aromatic heterocycles. The van der Waals surface area contributed by atoms with Gasteiger partial charge in [0.05, 0.1) is 16.7 Å². The summed E-state index contributed by atoms with van der Waals surface area (Å²) in [7, 11) is 0. The van der Waals surface area contributed by atoms with Crippen LogP contribution in [0.4, 0.5) is 10.3 Å². The number of hydrogen-bond acceptors (Lipinski definition) is 2. The second-order valence-corrected chi connectivity index (χ2v) is 6.44. The number of benzene rings is 2. The molecule has 0 radical (unpaired) electrons. The summed E-state index contributed by atoms with van der Waals surface area (Å²) in [5.74, 6) is 0.146. The first-order valence-electron chi connectivity index (χ1n) is 5.45. The third-order valence-corrected chi connectivity index (χ3v) is 4.33. The molecule has 0 aliphatic carbocycles. The number of fused-ring (bicyclic) bond motifs is 1. The highest BCUT2D eigenvalue weighted by atomic mass is 127. The van der Waals surface area contributed by atoms with Crippen molar-refractivity contribution in [1.29, 1.82) is 0 Å². The van der Waals surface area contributed by atoms with Gasteiger partial charge in [0.1, 0.15) is 5.82 Å². The first kappa shape index (κ1) is 13.1. The van der Waals surface area contributed by atoms with E-state index in [0.29, 0.717) is 5.95 Å². The molecule has 0 aliphatic heterocycles. The third-order valence-electron chi connectivity index (χ3n) is 2.79. The summed E-state index contributed by atoms with van der Waals surface area (Å²) in [6, 6.07) is 10.6. The molecule has 0 atom stereocenters. The standard InChI is InChI=1S/C13H8FI2N3/c14-7-1-3-11(9(16)5-7)19-12-4-2-8(15)6-10(12)18-13(19)17/h1-6H,(H2,17,18). The quantitative estimate of drug-likeness (QED) is 0.538. The molecule has 6 heteroatoms. The smallest absolute Gasteiger partial charge is 0.205 e. The number of imidazole rings is 1. The Morgan fingerprint density at radius 2 is 1.89 bits per heavy atom. The zero-order valence-corrected chi connectivity index (χ0v) is 13.9. The van der Waals surface area contributed by atoms with Gasteiger partial charge in [-0.2, -0.15) is 0 Å². The number of hydrogen-bond donors (Lipinski definition) is 1. The molecule has 3 aromatic rings. The van der Waals surface area contributed by atoms with Crippen molar-refractivity contribution >= 4 is 62.2 Å². The Kier molecular flexibility index (Phi) is 3.37. The largest absolute Gasteiger partial charge is 0.369 e. The minimum atomic E-state index is -0.259. The summed E-state index contributed by atoms with van der Waals surface area (Å²) in [4.78, 5) is 4.35. The van der Waals surface area contributed by atoms with E-state index in [9.17, 15) is 4.39 Å². The Hall–Kier alpha value is -0.900. The predicted molar refractivity (Wildman–Crippen MR) is 90.9 cm³/mol.